The third-order valence-corrected chi connectivity index (χ3v) is 5.01. The summed E-state index contributed by atoms with van der Waals surface area (Å²) in [6, 6.07) is 11.0. The summed E-state index contributed by atoms with van der Waals surface area (Å²) in [5.41, 5.74) is 1.68. The van der Waals surface area contributed by atoms with Gasteiger partial charge in [0, 0.05) is 34.5 Å². The van der Waals surface area contributed by atoms with Gasteiger partial charge in [-0.05, 0) is 55.7 Å². The second-order valence-electron chi connectivity index (χ2n) is 6.53. The van der Waals surface area contributed by atoms with Gasteiger partial charge in [-0.1, -0.05) is 11.6 Å². The Balaban J connectivity index is 0.00000210. The SMILES string of the molecule is O=C(Cn1nc(-c2ccncc2)[n+]2c1CCCCC2)c1ccc(Cl)cc1.[Br-]. The lowest BCUT2D eigenvalue weighted by Gasteiger charge is -2.01. The van der Waals surface area contributed by atoms with Crippen LogP contribution in [0.25, 0.3) is 11.4 Å². The number of pyridine rings is 1. The Bertz CT molecular complexity index is 925. The highest BCUT2D eigenvalue weighted by Gasteiger charge is 2.29. The van der Waals surface area contributed by atoms with Gasteiger partial charge in [0.2, 0.25) is 5.82 Å². The average Bonchev–Trinajstić information content (AvgIpc) is 2.84. The Morgan fingerprint density at radius 2 is 1.81 bits per heavy atom. The second-order valence-corrected chi connectivity index (χ2v) is 6.96. The number of ketones is 1. The summed E-state index contributed by atoms with van der Waals surface area (Å²) in [7, 11) is 0. The van der Waals surface area contributed by atoms with Gasteiger partial charge >= 0.3 is 5.82 Å². The molecular weight excluding hydrogens is 428 g/mol. The first-order valence-corrected chi connectivity index (χ1v) is 9.29. The lowest BCUT2D eigenvalue weighted by Crippen LogP contribution is -3.00. The molecule has 0 unspecified atom stereocenters. The van der Waals surface area contributed by atoms with Crippen LogP contribution in [0.2, 0.25) is 5.02 Å². The molecule has 2 aromatic heterocycles. The maximum atomic E-state index is 12.7. The van der Waals surface area contributed by atoms with E-state index >= 15 is 0 Å². The number of carbonyl (C=O) groups excluding carboxylic acids is 1. The van der Waals surface area contributed by atoms with E-state index in [1.165, 1.54) is 6.42 Å². The van der Waals surface area contributed by atoms with E-state index in [2.05, 4.69) is 9.55 Å². The number of Topliss-reactive ketones (excluding diaryl/α,β-unsaturated/α-hetero) is 1. The standard InChI is InChI=1S/C20H20ClN4O.BrH/c21-17-7-5-15(6-8-17)18(26)14-25-19-4-2-1-3-13-24(19)20(23-25)16-9-11-22-12-10-16;/h5-12H,1-4,13-14H2;1H/q+1;/p-1. The van der Waals surface area contributed by atoms with E-state index in [4.69, 9.17) is 16.7 Å². The molecule has 1 aliphatic rings. The lowest BCUT2D eigenvalue weighted by atomic mass is 10.1. The molecule has 0 saturated heterocycles. The number of aromatic nitrogens is 4. The summed E-state index contributed by atoms with van der Waals surface area (Å²) in [6.07, 6.45) is 7.94. The van der Waals surface area contributed by atoms with Gasteiger partial charge in [0.1, 0.15) is 0 Å². The van der Waals surface area contributed by atoms with Gasteiger partial charge in [-0.15, -0.1) is 4.68 Å². The molecule has 5 nitrogen and oxygen atoms in total. The number of hydrogen-bond donors (Lipinski definition) is 0. The van der Waals surface area contributed by atoms with Crippen molar-refractivity contribution in [1.82, 2.24) is 14.8 Å². The number of halogens is 2. The summed E-state index contributed by atoms with van der Waals surface area (Å²) in [5, 5.41) is 5.42. The molecule has 140 valence electrons. The average molecular weight is 448 g/mol. The van der Waals surface area contributed by atoms with Gasteiger partial charge in [0.25, 0.3) is 0 Å². The summed E-state index contributed by atoms with van der Waals surface area (Å²) in [5.74, 6) is 2.07. The molecule has 0 fully saturated rings. The molecule has 0 amide bonds. The molecule has 0 radical (unpaired) electrons. The fourth-order valence-electron chi connectivity index (χ4n) is 3.42. The summed E-state index contributed by atoms with van der Waals surface area (Å²) < 4.78 is 4.13. The highest BCUT2D eigenvalue weighted by molar-refractivity contribution is 6.30. The van der Waals surface area contributed by atoms with E-state index in [1.807, 2.05) is 16.8 Å². The van der Waals surface area contributed by atoms with Crippen molar-refractivity contribution in [3.8, 4) is 11.4 Å². The molecule has 3 aromatic rings. The number of rotatable bonds is 4. The molecule has 3 heterocycles. The van der Waals surface area contributed by atoms with Gasteiger partial charge in [0.05, 0.1) is 12.1 Å². The van der Waals surface area contributed by atoms with Crippen molar-refractivity contribution in [2.75, 3.05) is 0 Å². The maximum Gasteiger partial charge on any atom is 0.309 e. The predicted octanol–water partition coefficient (Wildman–Crippen LogP) is 0.499. The minimum Gasteiger partial charge on any atom is -1.00 e. The first-order valence-electron chi connectivity index (χ1n) is 8.91. The topological polar surface area (TPSA) is 51.7 Å². The molecule has 0 spiro atoms. The van der Waals surface area contributed by atoms with Gasteiger partial charge in [-0.2, -0.15) is 0 Å². The Kier molecular flexibility index (Phi) is 6.39. The van der Waals surface area contributed by atoms with Crippen LogP contribution < -0.4 is 21.5 Å². The van der Waals surface area contributed by atoms with E-state index in [-0.39, 0.29) is 29.3 Å². The predicted molar refractivity (Wildman–Crippen MR) is 99.0 cm³/mol. The van der Waals surface area contributed by atoms with Crippen molar-refractivity contribution in [2.24, 2.45) is 0 Å². The Morgan fingerprint density at radius 1 is 1.07 bits per heavy atom. The third kappa shape index (κ3) is 4.28. The van der Waals surface area contributed by atoms with Gasteiger partial charge in [-0.25, -0.2) is 4.57 Å². The Hall–Kier alpha value is -2.05. The van der Waals surface area contributed by atoms with Crippen LogP contribution in [0, 0.1) is 0 Å². The Morgan fingerprint density at radius 3 is 2.56 bits per heavy atom. The fourth-order valence-corrected chi connectivity index (χ4v) is 3.55. The van der Waals surface area contributed by atoms with Crippen molar-refractivity contribution in [3.05, 3.63) is 65.2 Å². The minimum atomic E-state index is 0. The van der Waals surface area contributed by atoms with Crippen molar-refractivity contribution in [3.63, 3.8) is 0 Å². The zero-order chi connectivity index (χ0) is 17.9. The quantitative estimate of drug-likeness (QED) is 0.432. The first kappa shape index (κ1) is 19.7. The number of benzene rings is 1. The zero-order valence-electron chi connectivity index (χ0n) is 14.8. The second kappa shape index (κ2) is 8.76. The highest BCUT2D eigenvalue weighted by Crippen LogP contribution is 2.18. The van der Waals surface area contributed by atoms with Gasteiger partial charge in [0.15, 0.2) is 12.3 Å². The molecule has 0 N–H and O–H groups in total. The molecule has 0 aliphatic carbocycles. The highest BCUT2D eigenvalue weighted by atomic mass is 79.9. The van der Waals surface area contributed by atoms with Crippen LogP contribution in [0.1, 0.15) is 35.4 Å². The molecule has 7 heteroatoms. The van der Waals surface area contributed by atoms with Crippen LogP contribution >= 0.6 is 11.6 Å². The summed E-state index contributed by atoms with van der Waals surface area (Å²) in [6.45, 7) is 1.17. The smallest absolute Gasteiger partial charge is 0.309 e. The van der Waals surface area contributed by atoms with Crippen molar-refractivity contribution in [1.29, 1.82) is 0 Å². The number of fused-ring (bicyclic) bond motifs is 1. The van der Waals surface area contributed by atoms with E-state index in [0.29, 0.717) is 10.6 Å². The van der Waals surface area contributed by atoms with Crippen LogP contribution in [0.15, 0.2) is 48.8 Å². The molecule has 0 atom stereocenters. The van der Waals surface area contributed by atoms with Crippen LogP contribution in [0.3, 0.4) is 0 Å². The van der Waals surface area contributed by atoms with Crippen LogP contribution in [0.4, 0.5) is 0 Å². The normalized spacial score (nSPS) is 13.4. The van der Waals surface area contributed by atoms with E-state index < -0.39 is 0 Å². The summed E-state index contributed by atoms with van der Waals surface area (Å²) in [4.78, 5) is 16.8. The third-order valence-electron chi connectivity index (χ3n) is 4.76. The van der Waals surface area contributed by atoms with Crippen molar-refractivity contribution >= 4 is 17.4 Å². The zero-order valence-corrected chi connectivity index (χ0v) is 17.2. The molecule has 27 heavy (non-hydrogen) atoms. The largest absolute Gasteiger partial charge is 1.00 e. The molecule has 0 saturated carbocycles. The molecular formula is C20H20BrClN4O. The number of carbonyl (C=O) groups is 1. The number of nitrogens with zero attached hydrogens (tertiary/aromatic N) is 4. The summed E-state index contributed by atoms with van der Waals surface area (Å²) >= 11 is 5.92. The maximum absolute atomic E-state index is 12.7. The van der Waals surface area contributed by atoms with Gasteiger partial charge in [-0.3, -0.25) is 9.78 Å². The first-order chi connectivity index (χ1) is 12.7. The van der Waals surface area contributed by atoms with Crippen LogP contribution in [0.5, 0.6) is 0 Å². The molecule has 0 bridgehead atoms. The fraction of sp³-hybridized carbons (Fsp3) is 0.300. The van der Waals surface area contributed by atoms with Crippen LogP contribution in [-0.4, -0.2) is 20.5 Å². The van der Waals surface area contributed by atoms with Crippen molar-refractivity contribution < 1.29 is 26.3 Å². The number of hydrogen-bond acceptors (Lipinski definition) is 3. The molecule has 1 aromatic carbocycles. The monoisotopic (exact) mass is 446 g/mol. The van der Waals surface area contributed by atoms with Gasteiger partial charge < -0.3 is 17.0 Å². The lowest BCUT2D eigenvalue weighted by molar-refractivity contribution is -0.693. The van der Waals surface area contributed by atoms with E-state index in [0.717, 1.165) is 43.0 Å². The van der Waals surface area contributed by atoms with Crippen molar-refractivity contribution in [2.45, 2.75) is 38.8 Å². The van der Waals surface area contributed by atoms with Crippen LogP contribution in [-0.2, 0) is 19.5 Å². The van der Waals surface area contributed by atoms with E-state index in [1.54, 1.807) is 36.7 Å². The molecule has 1 aliphatic heterocycles. The minimum absolute atomic E-state index is 0. The van der Waals surface area contributed by atoms with E-state index in [9.17, 15) is 4.79 Å². The molecule has 4 rings (SSSR count). The Labute approximate surface area is 173 Å².